The van der Waals surface area contributed by atoms with Crippen LogP contribution in [-0.2, 0) is 0 Å². The molecule has 0 amide bonds. The van der Waals surface area contributed by atoms with Crippen LogP contribution in [0.5, 0.6) is 0 Å². The van der Waals surface area contributed by atoms with E-state index in [4.69, 9.17) is 10.7 Å². The van der Waals surface area contributed by atoms with Gasteiger partial charge in [0.15, 0.2) is 0 Å². The van der Waals surface area contributed by atoms with Gasteiger partial charge in [0.25, 0.3) is 0 Å². The highest BCUT2D eigenvalue weighted by Gasteiger charge is 2.40. The minimum absolute atomic E-state index is 0.206. The molecule has 3 aromatic rings. The van der Waals surface area contributed by atoms with E-state index in [1.54, 1.807) is 0 Å². The van der Waals surface area contributed by atoms with E-state index in [0.717, 1.165) is 45.0 Å². The third-order valence-corrected chi connectivity index (χ3v) is 8.87. The number of benzene rings is 2. The summed E-state index contributed by atoms with van der Waals surface area (Å²) in [6.45, 7) is 3.88. The molecule has 6 heteroatoms. The monoisotopic (exact) mass is 504 g/mol. The van der Waals surface area contributed by atoms with Crippen LogP contribution >= 0.6 is 0 Å². The summed E-state index contributed by atoms with van der Waals surface area (Å²) in [6, 6.07) is 21.1. The van der Waals surface area contributed by atoms with Crippen LogP contribution in [0.2, 0.25) is 0 Å². The molecule has 1 atom stereocenters. The lowest BCUT2D eigenvalue weighted by Crippen LogP contribution is -2.44. The topological polar surface area (TPSA) is 69.8 Å². The van der Waals surface area contributed by atoms with Crippen molar-refractivity contribution in [1.82, 2.24) is 20.1 Å². The van der Waals surface area contributed by atoms with Gasteiger partial charge in [-0.1, -0.05) is 48.5 Å². The number of nitrogens with two attached hydrogens (primary N) is 1. The number of hydrogen-bond donors (Lipinski definition) is 2. The maximum Gasteiger partial charge on any atom is 0.149 e. The number of nitrogens with one attached hydrogen (secondary N) is 1. The quantitative estimate of drug-likeness (QED) is 0.477. The molecule has 1 unspecified atom stereocenters. The van der Waals surface area contributed by atoms with Crippen molar-refractivity contribution >= 4 is 22.4 Å². The molecule has 6 nitrogen and oxygen atoms in total. The minimum Gasteiger partial charge on any atom is -0.382 e. The molecule has 3 aliphatic heterocycles. The highest BCUT2D eigenvalue weighted by atomic mass is 15.3. The molecular formula is C32H36N6. The standard InChI is InChI=1S/C32H36N6/c33-31-30-29(26-13-12-24-14-15-27(35-28(24)20-26)23-6-2-1-3-7-23)36-32(38(30)19-16-34-31)25-10-8-22(9-11-25)21-37-17-4-5-18-37/h1-3,6-7,12-16,19-20,22,25,32,36H,4-5,8-11,17-18,21H2,(H2,33,34). The first-order valence-corrected chi connectivity index (χ1v) is 14.2. The zero-order valence-corrected chi connectivity index (χ0v) is 21.9. The molecule has 3 N–H and O–H groups in total. The molecule has 1 aromatic heterocycles. The van der Waals surface area contributed by atoms with Gasteiger partial charge in [0.05, 0.1) is 16.9 Å². The third-order valence-electron chi connectivity index (χ3n) is 8.87. The summed E-state index contributed by atoms with van der Waals surface area (Å²) in [7, 11) is 0. The Morgan fingerprint density at radius 3 is 2.50 bits per heavy atom. The van der Waals surface area contributed by atoms with Crippen LogP contribution in [0.4, 0.5) is 0 Å². The molecule has 0 radical (unpaired) electrons. The molecule has 38 heavy (non-hydrogen) atoms. The van der Waals surface area contributed by atoms with Gasteiger partial charge < -0.3 is 20.9 Å². The fourth-order valence-corrected chi connectivity index (χ4v) is 6.85. The molecule has 2 aromatic carbocycles. The summed E-state index contributed by atoms with van der Waals surface area (Å²) in [5.41, 5.74) is 12.8. The highest BCUT2D eigenvalue weighted by Crippen LogP contribution is 2.40. The molecule has 2 fully saturated rings. The normalized spacial score (nSPS) is 25.5. The fraction of sp³-hybridized carbons (Fsp3) is 0.375. The van der Waals surface area contributed by atoms with Gasteiger partial charge in [-0.25, -0.2) is 9.98 Å². The van der Waals surface area contributed by atoms with Crippen LogP contribution < -0.4 is 11.1 Å². The Hall–Kier alpha value is -3.64. The largest absolute Gasteiger partial charge is 0.382 e. The maximum absolute atomic E-state index is 6.50. The predicted molar refractivity (Wildman–Crippen MR) is 155 cm³/mol. The summed E-state index contributed by atoms with van der Waals surface area (Å²) in [6.07, 6.45) is 12.0. The Bertz CT molecular complexity index is 1410. The molecule has 7 rings (SSSR count). The van der Waals surface area contributed by atoms with E-state index in [9.17, 15) is 0 Å². The van der Waals surface area contributed by atoms with E-state index in [0.29, 0.717) is 11.8 Å². The van der Waals surface area contributed by atoms with Gasteiger partial charge in [0.1, 0.15) is 17.7 Å². The van der Waals surface area contributed by atoms with Crippen LogP contribution in [0.15, 0.2) is 83.8 Å². The summed E-state index contributed by atoms with van der Waals surface area (Å²) in [5, 5.41) is 5.04. The second-order valence-corrected chi connectivity index (χ2v) is 11.3. The minimum atomic E-state index is 0.206. The predicted octanol–water partition coefficient (Wildman–Crippen LogP) is 5.55. The summed E-state index contributed by atoms with van der Waals surface area (Å²) in [5.74, 6) is 1.99. The number of likely N-dealkylation sites (tertiary alicyclic amines) is 1. The molecule has 4 aliphatic rings. The number of aliphatic imine (C=N–C) groups is 1. The van der Waals surface area contributed by atoms with E-state index >= 15 is 0 Å². The van der Waals surface area contributed by atoms with E-state index in [-0.39, 0.29) is 6.17 Å². The number of pyridine rings is 1. The first-order chi connectivity index (χ1) is 18.7. The van der Waals surface area contributed by atoms with Crippen molar-refractivity contribution in [1.29, 1.82) is 0 Å². The lowest BCUT2D eigenvalue weighted by Gasteiger charge is -2.38. The first-order valence-electron chi connectivity index (χ1n) is 14.2. The first kappa shape index (κ1) is 23.5. The van der Waals surface area contributed by atoms with Crippen molar-refractivity contribution in [3.05, 3.63) is 84.3 Å². The van der Waals surface area contributed by atoms with E-state index in [1.807, 2.05) is 12.3 Å². The maximum atomic E-state index is 6.50. The molecule has 0 spiro atoms. The molecule has 1 saturated carbocycles. The van der Waals surface area contributed by atoms with Gasteiger partial charge in [-0.2, -0.15) is 0 Å². The summed E-state index contributed by atoms with van der Waals surface area (Å²) >= 11 is 0. The molecule has 1 saturated heterocycles. The SMILES string of the molecule is NC1=NC=CN2C1=C(c1ccc3ccc(-c4ccccc4)nc3c1)NC2C1CCC(CN2CCCC2)CC1. The molecule has 0 bridgehead atoms. The number of fused-ring (bicyclic) bond motifs is 2. The molecule has 1 aliphatic carbocycles. The molecule has 194 valence electrons. The van der Waals surface area contributed by atoms with Crippen LogP contribution in [-0.4, -0.2) is 46.4 Å². The van der Waals surface area contributed by atoms with Gasteiger partial charge in [0, 0.05) is 35.5 Å². The van der Waals surface area contributed by atoms with Crippen LogP contribution in [0.25, 0.3) is 27.9 Å². The van der Waals surface area contributed by atoms with Crippen LogP contribution in [0.1, 0.15) is 44.1 Å². The lowest BCUT2D eigenvalue weighted by atomic mass is 9.80. The van der Waals surface area contributed by atoms with Gasteiger partial charge >= 0.3 is 0 Å². The van der Waals surface area contributed by atoms with Crippen molar-refractivity contribution in [3.63, 3.8) is 0 Å². The van der Waals surface area contributed by atoms with Crippen molar-refractivity contribution in [2.75, 3.05) is 19.6 Å². The van der Waals surface area contributed by atoms with Gasteiger partial charge in [-0.05, 0) is 75.6 Å². The smallest absolute Gasteiger partial charge is 0.149 e. The van der Waals surface area contributed by atoms with Gasteiger partial charge in [-0.15, -0.1) is 0 Å². The number of aromatic nitrogens is 1. The Labute approximate surface area is 224 Å². The van der Waals surface area contributed by atoms with Gasteiger partial charge in [0.2, 0.25) is 0 Å². The van der Waals surface area contributed by atoms with Gasteiger partial charge in [-0.3, -0.25) is 0 Å². The van der Waals surface area contributed by atoms with Crippen LogP contribution in [0, 0.1) is 11.8 Å². The Balaban J connectivity index is 1.15. The highest BCUT2D eigenvalue weighted by molar-refractivity contribution is 6.05. The number of amidine groups is 1. The fourth-order valence-electron chi connectivity index (χ4n) is 6.85. The van der Waals surface area contributed by atoms with E-state index < -0.39 is 0 Å². The Morgan fingerprint density at radius 1 is 0.895 bits per heavy atom. The third kappa shape index (κ3) is 4.37. The van der Waals surface area contributed by atoms with Crippen molar-refractivity contribution < 1.29 is 0 Å². The Kier molecular flexibility index (Phi) is 6.12. The van der Waals surface area contributed by atoms with E-state index in [2.05, 4.69) is 80.9 Å². The average molecular weight is 505 g/mol. The number of nitrogens with zero attached hydrogens (tertiary/aromatic N) is 4. The van der Waals surface area contributed by atoms with Crippen molar-refractivity contribution in [3.8, 4) is 11.3 Å². The number of rotatable bonds is 5. The lowest BCUT2D eigenvalue weighted by molar-refractivity contribution is 0.147. The zero-order chi connectivity index (χ0) is 25.5. The van der Waals surface area contributed by atoms with E-state index in [1.165, 1.54) is 58.2 Å². The second kappa shape index (κ2) is 9.91. The molecule has 4 heterocycles. The van der Waals surface area contributed by atoms with Crippen LogP contribution in [0.3, 0.4) is 0 Å². The van der Waals surface area contributed by atoms with Crippen molar-refractivity contribution in [2.24, 2.45) is 22.6 Å². The summed E-state index contributed by atoms with van der Waals surface area (Å²) in [4.78, 5) is 14.5. The van der Waals surface area contributed by atoms with Crippen molar-refractivity contribution in [2.45, 2.75) is 44.7 Å². The Morgan fingerprint density at radius 2 is 1.68 bits per heavy atom. The molecular weight excluding hydrogens is 468 g/mol. The second-order valence-electron chi connectivity index (χ2n) is 11.3. The average Bonchev–Trinajstić information content (AvgIpc) is 3.62. The number of hydrogen-bond acceptors (Lipinski definition) is 6. The summed E-state index contributed by atoms with van der Waals surface area (Å²) < 4.78 is 0. The zero-order valence-electron chi connectivity index (χ0n) is 21.9.